The number of rotatable bonds is 8. The summed E-state index contributed by atoms with van der Waals surface area (Å²) >= 11 is 0. The summed E-state index contributed by atoms with van der Waals surface area (Å²) in [6.45, 7) is 1.78. The van der Waals surface area contributed by atoms with Gasteiger partial charge >= 0.3 is 0 Å². The zero-order valence-corrected chi connectivity index (χ0v) is 15.6. The predicted molar refractivity (Wildman–Crippen MR) is 93.7 cm³/mol. The first-order valence-corrected chi connectivity index (χ1v) is 10.6. The normalized spacial score (nSPS) is 22.0. The number of piperidine rings is 1. The van der Waals surface area contributed by atoms with E-state index in [1.807, 2.05) is 0 Å². The third kappa shape index (κ3) is 4.39. The molecule has 2 fully saturated rings. The Kier molecular flexibility index (Phi) is 5.45. The van der Waals surface area contributed by atoms with Crippen molar-refractivity contribution in [2.24, 2.45) is 13.0 Å². The van der Waals surface area contributed by atoms with Crippen LogP contribution in [0.2, 0.25) is 0 Å². The summed E-state index contributed by atoms with van der Waals surface area (Å²) in [5.74, 6) is 1.12. The summed E-state index contributed by atoms with van der Waals surface area (Å²) in [5.41, 5.74) is 0. The average molecular weight is 370 g/mol. The minimum Gasteiger partial charge on any atom is -0.380 e. The van der Waals surface area contributed by atoms with E-state index in [4.69, 9.17) is 4.74 Å². The zero-order valence-electron chi connectivity index (χ0n) is 14.8. The van der Waals surface area contributed by atoms with Gasteiger partial charge in [0.2, 0.25) is 15.9 Å². The first-order chi connectivity index (χ1) is 11.9. The highest BCUT2D eigenvalue weighted by molar-refractivity contribution is 7.88. The van der Waals surface area contributed by atoms with Crippen molar-refractivity contribution >= 4 is 21.7 Å². The lowest BCUT2D eigenvalue weighted by atomic mass is 10.0. The molecule has 1 aromatic heterocycles. The molecule has 1 aliphatic carbocycles. The van der Waals surface area contributed by atoms with E-state index in [1.165, 1.54) is 17.1 Å². The molecular weight excluding hydrogens is 344 g/mol. The molecule has 0 bridgehead atoms. The minimum absolute atomic E-state index is 0.192. The number of aromatic nitrogens is 2. The maximum atomic E-state index is 13.0. The van der Waals surface area contributed by atoms with Gasteiger partial charge in [0.05, 0.1) is 19.1 Å². The molecule has 9 heteroatoms. The summed E-state index contributed by atoms with van der Waals surface area (Å²) in [6, 6.07) is 1.09. The summed E-state index contributed by atoms with van der Waals surface area (Å²) in [4.78, 5) is 14.6. The molecule has 1 saturated carbocycles. The van der Waals surface area contributed by atoms with Crippen LogP contribution in [0.25, 0.3) is 0 Å². The number of anilines is 1. The van der Waals surface area contributed by atoms with Crippen LogP contribution in [0.4, 0.5) is 5.82 Å². The molecule has 0 aromatic carbocycles. The molecule has 1 unspecified atom stereocenters. The van der Waals surface area contributed by atoms with Crippen LogP contribution >= 0.6 is 0 Å². The van der Waals surface area contributed by atoms with Gasteiger partial charge in [0.25, 0.3) is 0 Å². The average Bonchev–Trinajstić information content (AvgIpc) is 3.27. The third-order valence-corrected chi connectivity index (χ3v) is 6.05. The maximum Gasteiger partial charge on any atom is 0.246 e. The molecule has 0 N–H and O–H groups in total. The van der Waals surface area contributed by atoms with Gasteiger partial charge in [-0.1, -0.05) is 0 Å². The van der Waals surface area contributed by atoms with Crippen LogP contribution < -0.4 is 4.90 Å². The summed E-state index contributed by atoms with van der Waals surface area (Å²) in [7, 11) is -1.73. The fourth-order valence-electron chi connectivity index (χ4n) is 3.22. The number of amides is 1. The second-order valence-electron chi connectivity index (χ2n) is 6.85. The SMILES string of the molecule is Cn1nccc1N1CCCC(N(CCOCC2CC2)S(C)(=O)=O)C1=O. The van der Waals surface area contributed by atoms with Crippen molar-refractivity contribution in [3.63, 3.8) is 0 Å². The number of ether oxygens (including phenoxy) is 1. The lowest BCUT2D eigenvalue weighted by molar-refractivity contribution is -0.123. The second-order valence-corrected chi connectivity index (χ2v) is 8.79. The highest BCUT2D eigenvalue weighted by Crippen LogP contribution is 2.29. The van der Waals surface area contributed by atoms with E-state index in [-0.39, 0.29) is 12.5 Å². The number of hydrogen-bond acceptors (Lipinski definition) is 5. The number of nitrogens with zero attached hydrogens (tertiary/aromatic N) is 4. The lowest BCUT2D eigenvalue weighted by Crippen LogP contribution is -2.55. The van der Waals surface area contributed by atoms with E-state index in [0.717, 1.165) is 12.7 Å². The second kappa shape index (κ2) is 7.43. The topological polar surface area (TPSA) is 84.7 Å². The van der Waals surface area contributed by atoms with E-state index in [9.17, 15) is 13.2 Å². The monoisotopic (exact) mass is 370 g/mol. The molecule has 2 aliphatic rings. The predicted octanol–water partition coefficient (Wildman–Crippen LogP) is 0.604. The molecule has 1 aromatic rings. The standard InChI is InChI=1S/C16H26N4O4S/c1-18-15(7-8-17-18)19-9-3-4-14(16(19)21)20(25(2,22)23)10-11-24-12-13-5-6-13/h7-8,13-14H,3-6,9-12H2,1-2H3. The summed E-state index contributed by atoms with van der Waals surface area (Å²) in [6.07, 6.45) is 6.45. The lowest BCUT2D eigenvalue weighted by Gasteiger charge is -2.37. The number of hydrogen-bond donors (Lipinski definition) is 0. The van der Waals surface area contributed by atoms with Gasteiger partial charge < -0.3 is 4.74 Å². The first kappa shape index (κ1) is 18.3. The Labute approximate surface area is 148 Å². The first-order valence-electron chi connectivity index (χ1n) is 8.72. The molecule has 1 amide bonds. The van der Waals surface area contributed by atoms with E-state index >= 15 is 0 Å². The van der Waals surface area contributed by atoms with E-state index in [1.54, 1.807) is 28.9 Å². The van der Waals surface area contributed by atoms with Crippen LogP contribution in [0.1, 0.15) is 25.7 Å². The van der Waals surface area contributed by atoms with Gasteiger partial charge in [0.1, 0.15) is 11.9 Å². The van der Waals surface area contributed by atoms with Crippen molar-refractivity contribution in [3.8, 4) is 0 Å². The van der Waals surface area contributed by atoms with Crippen molar-refractivity contribution in [3.05, 3.63) is 12.3 Å². The minimum atomic E-state index is -3.50. The van der Waals surface area contributed by atoms with Crippen molar-refractivity contribution in [1.82, 2.24) is 14.1 Å². The van der Waals surface area contributed by atoms with Crippen molar-refractivity contribution < 1.29 is 17.9 Å². The van der Waals surface area contributed by atoms with Crippen LogP contribution in [0.15, 0.2) is 12.3 Å². The van der Waals surface area contributed by atoms with Crippen LogP contribution in [0, 0.1) is 5.92 Å². The zero-order chi connectivity index (χ0) is 18.0. The van der Waals surface area contributed by atoms with Crippen molar-refractivity contribution in [2.45, 2.75) is 31.7 Å². The quantitative estimate of drug-likeness (QED) is 0.626. The van der Waals surface area contributed by atoms with E-state index < -0.39 is 16.1 Å². The van der Waals surface area contributed by atoms with E-state index in [0.29, 0.717) is 37.9 Å². The highest BCUT2D eigenvalue weighted by atomic mass is 32.2. The highest BCUT2D eigenvalue weighted by Gasteiger charge is 2.38. The van der Waals surface area contributed by atoms with Crippen molar-refractivity contribution in [2.75, 3.05) is 37.5 Å². The molecule has 0 spiro atoms. The Bertz CT molecular complexity index is 713. The van der Waals surface area contributed by atoms with Crippen LogP contribution in [0.5, 0.6) is 0 Å². The number of aryl methyl sites for hydroxylation is 1. The Balaban J connectivity index is 1.70. The van der Waals surface area contributed by atoms with Gasteiger partial charge in [-0.05, 0) is 31.6 Å². The third-order valence-electron chi connectivity index (χ3n) is 4.76. The number of carbonyl (C=O) groups is 1. The smallest absolute Gasteiger partial charge is 0.246 e. The molecule has 3 rings (SSSR count). The fourth-order valence-corrected chi connectivity index (χ4v) is 4.29. The van der Waals surface area contributed by atoms with Crippen LogP contribution in [0.3, 0.4) is 0 Å². The van der Waals surface area contributed by atoms with Gasteiger partial charge in [-0.3, -0.25) is 14.4 Å². The molecule has 1 aliphatic heterocycles. The van der Waals surface area contributed by atoms with Gasteiger partial charge in [0, 0.05) is 32.8 Å². The Hall–Kier alpha value is -1.45. The van der Waals surface area contributed by atoms with Gasteiger partial charge in [-0.2, -0.15) is 9.40 Å². The Morgan fingerprint density at radius 1 is 1.36 bits per heavy atom. The Morgan fingerprint density at radius 2 is 2.12 bits per heavy atom. The van der Waals surface area contributed by atoms with Crippen molar-refractivity contribution in [1.29, 1.82) is 0 Å². The largest absolute Gasteiger partial charge is 0.380 e. The number of carbonyl (C=O) groups excluding carboxylic acids is 1. The molecule has 25 heavy (non-hydrogen) atoms. The van der Waals surface area contributed by atoms with E-state index in [2.05, 4.69) is 5.10 Å². The van der Waals surface area contributed by atoms with Gasteiger partial charge in [-0.15, -0.1) is 0 Å². The summed E-state index contributed by atoms with van der Waals surface area (Å²) in [5, 5.41) is 4.10. The molecule has 2 heterocycles. The number of sulfonamides is 1. The maximum absolute atomic E-state index is 13.0. The van der Waals surface area contributed by atoms with Crippen LogP contribution in [-0.4, -0.2) is 67.0 Å². The molecule has 8 nitrogen and oxygen atoms in total. The van der Waals surface area contributed by atoms with Gasteiger partial charge in [-0.25, -0.2) is 8.42 Å². The molecule has 1 saturated heterocycles. The molecule has 140 valence electrons. The fraction of sp³-hybridized carbons (Fsp3) is 0.750. The molecule has 1 atom stereocenters. The summed E-state index contributed by atoms with van der Waals surface area (Å²) < 4.78 is 33.0. The van der Waals surface area contributed by atoms with Crippen LogP contribution in [-0.2, 0) is 26.6 Å². The van der Waals surface area contributed by atoms with Gasteiger partial charge in [0.15, 0.2) is 0 Å². The Morgan fingerprint density at radius 3 is 2.72 bits per heavy atom. The molecule has 0 radical (unpaired) electrons. The molecular formula is C16H26N4O4S.